The number of hydrogen-bond donors (Lipinski definition) is 5. The van der Waals surface area contributed by atoms with Crippen molar-refractivity contribution >= 4 is 11.0 Å². The Morgan fingerprint density at radius 2 is 1.74 bits per heavy atom. The van der Waals surface area contributed by atoms with Crippen LogP contribution in [0.4, 0.5) is 0 Å². The lowest BCUT2D eigenvalue weighted by Gasteiger charge is -2.25. The van der Waals surface area contributed by atoms with Gasteiger partial charge >= 0.3 is 5.69 Å². The van der Waals surface area contributed by atoms with Gasteiger partial charge in [0.15, 0.2) is 11.5 Å². The van der Waals surface area contributed by atoms with E-state index in [9.17, 15) is 24.9 Å². The predicted molar refractivity (Wildman–Crippen MR) is 95.6 cm³/mol. The molecule has 0 aliphatic carbocycles. The van der Waals surface area contributed by atoms with Crippen molar-refractivity contribution < 1.29 is 20.4 Å². The van der Waals surface area contributed by atoms with Crippen LogP contribution in [-0.2, 0) is 6.54 Å². The zero-order valence-electron chi connectivity index (χ0n) is 14.7. The molecule has 0 spiro atoms. The van der Waals surface area contributed by atoms with E-state index < -0.39 is 36.2 Å². The molecule has 0 saturated carbocycles. The van der Waals surface area contributed by atoms with Gasteiger partial charge in [-0.1, -0.05) is 0 Å². The second-order valence-corrected chi connectivity index (χ2v) is 6.50. The topological polar surface area (TPSA) is 162 Å². The average Bonchev–Trinajstić information content (AvgIpc) is 2.62. The fraction of sp³-hybridized carbons (Fsp3) is 0.412. The molecule has 2 unspecified atom stereocenters. The van der Waals surface area contributed by atoms with Crippen molar-refractivity contribution in [2.45, 2.75) is 38.7 Å². The summed E-state index contributed by atoms with van der Waals surface area (Å²) >= 11 is 0. The molecule has 0 fully saturated rings. The highest BCUT2D eigenvalue weighted by atomic mass is 16.4. The van der Waals surface area contributed by atoms with Crippen LogP contribution >= 0.6 is 0 Å². The van der Waals surface area contributed by atoms with Crippen LogP contribution in [0, 0.1) is 13.8 Å². The van der Waals surface area contributed by atoms with Crippen LogP contribution in [-0.4, -0.2) is 64.9 Å². The standard InChI is InChI=1S/C17H20N4O6/c1-7-3-9-10(4-8(7)2)21(5-11(23)14(25)12(24)6-22)15-13(18-9)16(26)20-17(27)19-15/h3-4,11-12,14,22-25H,5-6H2,1-2H3,(H,20,26,27)/t11?,12?,14-/m0/s1. The Kier molecular flexibility index (Phi) is 5.07. The van der Waals surface area contributed by atoms with Crippen molar-refractivity contribution in [3.05, 3.63) is 44.1 Å². The van der Waals surface area contributed by atoms with E-state index in [-0.39, 0.29) is 18.1 Å². The predicted octanol–water partition coefficient (Wildman–Crippen LogP) is -1.72. The van der Waals surface area contributed by atoms with Gasteiger partial charge in [-0.2, -0.15) is 4.98 Å². The number of fused-ring (bicyclic) bond motifs is 2. The van der Waals surface area contributed by atoms with Crippen molar-refractivity contribution in [3.63, 3.8) is 0 Å². The van der Waals surface area contributed by atoms with Gasteiger partial charge in [0.25, 0.3) is 5.56 Å². The third-order valence-corrected chi connectivity index (χ3v) is 4.57. The van der Waals surface area contributed by atoms with Crippen LogP contribution in [0.15, 0.2) is 21.7 Å². The first kappa shape index (κ1) is 19.1. The van der Waals surface area contributed by atoms with Gasteiger partial charge in [-0.05, 0) is 37.1 Å². The number of H-pyrrole nitrogens is 1. The SMILES string of the molecule is Cc1cc2nc3c(=O)[nH]c(=O)nc-3n(CC(O)[C@H](O)C(O)CO)c2cc1C. The Morgan fingerprint density at radius 3 is 2.41 bits per heavy atom. The summed E-state index contributed by atoms with van der Waals surface area (Å²) in [5.74, 6) is -0.0516. The van der Waals surface area contributed by atoms with E-state index in [1.54, 1.807) is 12.1 Å². The summed E-state index contributed by atoms with van der Waals surface area (Å²) in [7, 11) is 0. The highest BCUT2D eigenvalue weighted by molar-refractivity contribution is 5.81. The maximum absolute atomic E-state index is 12.2. The molecule has 0 radical (unpaired) electrons. The van der Waals surface area contributed by atoms with E-state index in [1.807, 2.05) is 13.8 Å². The van der Waals surface area contributed by atoms with Gasteiger partial charge in [-0.15, -0.1) is 0 Å². The Morgan fingerprint density at radius 1 is 1.07 bits per heavy atom. The van der Waals surface area contributed by atoms with E-state index in [2.05, 4.69) is 15.0 Å². The molecular weight excluding hydrogens is 356 g/mol. The number of nitrogens with one attached hydrogen (secondary N) is 1. The number of benzene rings is 1. The molecule has 10 nitrogen and oxygen atoms in total. The molecule has 0 amide bonds. The normalized spacial score (nSPS) is 15.2. The lowest BCUT2D eigenvalue weighted by atomic mass is 10.1. The smallest absolute Gasteiger partial charge is 0.349 e. The van der Waals surface area contributed by atoms with Gasteiger partial charge in [-0.3, -0.25) is 9.78 Å². The molecule has 1 aromatic carbocycles. The molecule has 0 saturated heterocycles. The van der Waals surface area contributed by atoms with Crippen LogP contribution in [0.1, 0.15) is 11.1 Å². The summed E-state index contributed by atoms with van der Waals surface area (Å²) in [6.07, 6.45) is -4.68. The quantitative estimate of drug-likeness (QED) is 0.328. The van der Waals surface area contributed by atoms with Gasteiger partial charge in [0.1, 0.15) is 18.3 Å². The zero-order chi connectivity index (χ0) is 19.9. The minimum Gasteiger partial charge on any atom is -0.394 e. The Labute approximate surface area is 152 Å². The number of aryl methyl sites for hydroxylation is 2. The van der Waals surface area contributed by atoms with Gasteiger partial charge in [0.2, 0.25) is 0 Å². The molecule has 0 bridgehead atoms. The highest BCUT2D eigenvalue weighted by Crippen LogP contribution is 2.24. The molecule has 144 valence electrons. The number of aliphatic hydroxyl groups is 4. The molecule has 2 heterocycles. The summed E-state index contributed by atoms with van der Waals surface area (Å²) in [6.45, 7) is 2.73. The summed E-state index contributed by atoms with van der Waals surface area (Å²) in [6, 6.07) is 3.53. The molecule has 1 aromatic rings. The van der Waals surface area contributed by atoms with Crippen molar-refractivity contribution in [3.8, 4) is 11.5 Å². The van der Waals surface area contributed by atoms with Crippen LogP contribution < -0.4 is 11.2 Å². The summed E-state index contributed by atoms with van der Waals surface area (Å²) < 4.78 is 1.40. The van der Waals surface area contributed by atoms with E-state index in [0.29, 0.717) is 11.0 Å². The molecule has 27 heavy (non-hydrogen) atoms. The fourth-order valence-corrected chi connectivity index (χ4v) is 2.89. The first-order valence-electron chi connectivity index (χ1n) is 8.29. The Balaban J connectivity index is 2.28. The summed E-state index contributed by atoms with van der Waals surface area (Å²) in [4.78, 5) is 34.0. The monoisotopic (exact) mass is 376 g/mol. The van der Waals surface area contributed by atoms with Crippen molar-refractivity contribution in [2.24, 2.45) is 0 Å². The number of aromatic amines is 1. The largest absolute Gasteiger partial charge is 0.394 e. The first-order chi connectivity index (χ1) is 12.7. The van der Waals surface area contributed by atoms with Gasteiger partial charge in [0.05, 0.1) is 24.2 Å². The average molecular weight is 376 g/mol. The number of nitrogens with zero attached hydrogens (tertiary/aromatic N) is 3. The lowest BCUT2D eigenvalue weighted by molar-refractivity contribution is -0.0802. The minimum atomic E-state index is -1.64. The van der Waals surface area contributed by atoms with Crippen molar-refractivity contribution in [1.82, 2.24) is 19.5 Å². The number of hydrogen-bond acceptors (Lipinski definition) is 8. The van der Waals surface area contributed by atoms with Gasteiger partial charge in [0, 0.05) is 0 Å². The number of aliphatic hydroxyl groups excluding tert-OH is 4. The minimum absolute atomic E-state index is 0.0516. The summed E-state index contributed by atoms with van der Waals surface area (Å²) in [5.41, 5.74) is 1.11. The molecular formula is C17H20N4O6. The Hall–Kier alpha value is -2.66. The molecule has 2 aliphatic heterocycles. The van der Waals surface area contributed by atoms with Crippen molar-refractivity contribution in [2.75, 3.05) is 6.61 Å². The van der Waals surface area contributed by atoms with E-state index >= 15 is 0 Å². The van der Waals surface area contributed by atoms with Crippen molar-refractivity contribution in [1.29, 1.82) is 0 Å². The van der Waals surface area contributed by atoms with E-state index in [4.69, 9.17) is 5.11 Å². The van der Waals surface area contributed by atoms with Crippen LogP contribution in [0.5, 0.6) is 0 Å². The number of rotatable bonds is 5. The second kappa shape index (κ2) is 7.16. The molecule has 10 heteroatoms. The fourth-order valence-electron chi connectivity index (χ4n) is 2.89. The Bertz CT molecular complexity index is 1080. The van der Waals surface area contributed by atoms with Crippen LogP contribution in [0.25, 0.3) is 22.6 Å². The highest BCUT2D eigenvalue weighted by Gasteiger charge is 2.27. The van der Waals surface area contributed by atoms with Crippen LogP contribution in [0.2, 0.25) is 0 Å². The molecule has 3 atom stereocenters. The lowest BCUT2D eigenvalue weighted by Crippen LogP contribution is -2.42. The van der Waals surface area contributed by atoms with E-state index in [0.717, 1.165) is 11.1 Å². The van der Waals surface area contributed by atoms with Crippen LogP contribution in [0.3, 0.4) is 0 Å². The molecule has 0 aromatic heterocycles. The third-order valence-electron chi connectivity index (χ3n) is 4.57. The van der Waals surface area contributed by atoms with Gasteiger partial charge < -0.3 is 25.0 Å². The molecule has 2 aliphatic rings. The zero-order valence-corrected chi connectivity index (χ0v) is 14.7. The number of aromatic nitrogens is 4. The molecule has 3 rings (SSSR count). The first-order valence-corrected chi connectivity index (χ1v) is 8.29. The van der Waals surface area contributed by atoms with E-state index in [1.165, 1.54) is 4.57 Å². The third kappa shape index (κ3) is 3.47. The van der Waals surface area contributed by atoms with Gasteiger partial charge in [-0.25, -0.2) is 9.78 Å². The maximum atomic E-state index is 12.2. The molecule has 5 N–H and O–H groups in total. The maximum Gasteiger partial charge on any atom is 0.349 e. The summed E-state index contributed by atoms with van der Waals surface area (Å²) in [5, 5.41) is 38.8. The second-order valence-electron chi connectivity index (χ2n) is 6.50.